The van der Waals surface area contributed by atoms with Crippen molar-refractivity contribution in [2.24, 2.45) is 0 Å². The van der Waals surface area contributed by atoms with Crippen molar-refractivity contribution in [1.29, 1.82) is 0 Å². The van der Waals surface area contributed by atoms with Crippen LogP contribution in [0.25, 0.3) is 10.9 Å². The third-order valence-electron chi connectivity index (χ3n) is 3.71. The fourth-order valence-electron chi connectivity index (χ4n) is 2.58. The maximum Gasteiger partial charge on any atom is 0.508 e. The fourth-order valence-corrected chi connectivity index (χ4v) is 2.78. The van der Waals surface area contributed by atoms with Crippen molar-refractivity contribution < 1.29 is 19.0 Å². The molecule has 0 aliphatic heterocycles. The summed E-state index contributed by atoms with van der Waals surface area (Å²) in [6.45, 7) is 5.60. The van der Waals surface area contributed by atoms with Crippen LogP contribution in [0.15, 0.2) is 48.5 Å². The molecule has 0 saturated heterocycles. The molecular formula is C21H22ClNO4. The van der Waals surface area contributed by atoms with Gasteiger partial charge in [0.25, 0.3) is 0 Å². The van der Waals surface area contributed by atoms with Crippen molar-refractivity contribution in [2.45, 2.75) is 32.8 Å². The molecule has 1 aromatic heterocycles. The summed E-state index contributed by atoms with van der Waals surface area (Å²) in [6.07, 6.45) is -0.147. The van der Waals surface area contributed by atoms with Crippen LogP contribution in [0.3, 0.4) is 0 Å². The molecule has 0 fully saturated rings. The van der Waals surface area contributed by atoms with Crippen LogP contribution >= 0.6 is 11.6 Å². The lowest BCUT2D eigenvalue weighted by molar-refractivity contribution is -0.00668. The van der Waals surface area contributed by atoms with E-state index in [-0.39, 0.29) is 6.61 Å². The summed E-state index contributed by atoms with van der Waals surface area (Å²) in [4.78, 5) is 14.9. The van der Waals surface area contributed by atoms with Gasteiger partial charge in [0, 0.05) is 23.0 Å². The van der Waals surface area contributed by atoms with Gasteiger partial charge in [0.15, 0.2) is 5.75 Å². The van der Waals surface area contributed by atoms with Crippen LogP contribution in [-0.2, 0) is 15.9 Å². The average Bonchev–Trinajstić information content (AvgIpc) is 3.00. The molecule has 0 unspecified atom stereocenters. The van der Waals surface area contributed by atoms with Gasteiger partial charge in [-0.3, -0.25) is 0 Å². The van der Waals surface area contributed by atoms with Crippen molar-refractivity contribution in [3.8, 4) is 11.5 Å². The zero-order valence-corrected chi connectivity index (χ0v) is 16.3. The summed E-state index contributed by atoms with van der Waals surface area (Å²) in [7, 11) is 0. The van der Waals surface area contributed by atoms with Gasteiger partial charge in [-0.25, -0.2) is 4.79 Å². The zero-order chi connectivity index (χ0) is 19.4. The molecule has 0 aliphatic rings. The number of carbonyl (C=O) groups excluding carboxylic acids is 1. The maximum atomic E-state index is 11.6. The SMILES string of the molecule is CC(C)(C)OC(=O)OCCc1cc2c(Oc3ccccc3)c(Cl)ccc2[nH]1. The third-order valence-corrected chi connectivity index (χ3v) is 4.00. The van der Waals surface area contributed by atoms with Gasteiger partial charge < -0.3 is 19.2 Å². The number of carbonyl (C=O) groups is 1. The molecule has 0 aliphatic carbocycles. The Labute approximate surface area is 163 Å². The smallest absolute Gasteiger partial charge is 0.455 e. The van der Waals surface area contributed by atoms with Crippen LogP contribution in [-0.4, -0.2) is 23.3 Å². The minimum atomic E-state index is -0.672. The van der Waals surface area contributed by atoms with Crippen molar-refractivity contribution in [2.75, 3.05) is 6.61 Å². The largest absolute Gasteiger partial charge is 0.508 e. The normalized spacial score (nSPS) is 11.4. The van der Waals surface area contributed by atoms with E-state index in [0.29, 0.717) is 22.9 Å². The number of ether oxygens (including phenoxy) is 3. The lowest BCUT2D eigenvalue weighted by Crippen LogP contribution is -2.24. The van der Waals surface area contributed by atoms with E-state index in [1.54, 1.807) is 26.8 Å². The minimum absolute atomic E-state index is 0.213. The van der Waals surface area contributed by atoms with E-state index in [2.05, 4.69) is 4.98 Å². The summed E-state index contributed by atoms with van der Waals surface area (Å²) >= 11 is 6.34. The van der Waals surface area contributed by atoms with E-state index in [0.717, 1.165) is 16.6 Å². The highest BCUT2D eigenvalue weighted by Gasteiger charge is 2.17. The first-order valence-corrected chi connectivity index (χ1v) is 9.08. The number of rotatable bonds is 5. The number of para-hydroxylation sites is 1. The fraction of sp³-hybridized carbons (Fsp3) is 0.286. The Morgan fingerprint density at radius 3 is 2.56 bits per heavy atom. The molecule has 2 aromatic carbocycles. The number of hydrogen-bond donors (Lipinski definition) is 1. The highest BCUT2D eigenvalue weighted by atomic mass is 35.5. The standard InChI is InChI=1S/C21H22ClNO4/c1-21(2,3)27-20(24)25-12-11-14-13-16-18(23-14)10-9-17(22)19(16)26-15-7-5-4-6-8-15/h4-10,13,23H,11-12H2,1-3H3. The highest BCUT2D eigenvalue weighted by Crippen LogP contribution is 2.37. The Morgan fingerprint density at radius 1 is 1.11 bits per heavy atom. The topological polar surface area (TPSA) is 60.6 Å². The first-order valence-electron chi connectivity index (χ1n) is 8.70. The van der Waals surface area contributed by atoms with Crippen LogP contribution in [0.1, 0.15) is 26.5 Å². The molecule has 1 N–H and O–H groups in total. The van der Waals surface area contributed by atoms with Gasteiger partial charge in [0.2, 0.25) is 0 Å². The number of H-pyrrole nitrogens is 1. The van der Waals surface area contributed by atoms with E-state index < -0.39 is 11.8 Å². The molecule has 0 atom stereocenters. The first-order chi connectivity index (χ1) is 12.8. The molecule has 0 saturated carbocycles. The van der Waals surface area contributed by atoms with Gasteiger partial charge in [-0.2, -0.15) is 0 Å². The summed E-state index contributed by atoms with van der Waals surface area (Å²) < 4.78 is 16.2. The highest BCUT2D eigenvalue weighted by molar-refractivity contribution is 6.33. The van der Waals surface area contributed by atoms with Gasteiger partial charge in [-0.15, -0.1) is 0 Å². The number of nitrogens with one attached hydrogen (secondary N) is 1. The number of halogens is 1. The molecule has 142 valence electrons. The van der Waals surface area contributed by atoms with E-state index in [1.165, 1.54) is 0 Å². The van der Waals surface area contributed by atoms with Crippen molar-refractivity contribution in [1.82, 2.24) is 4.98 Å². The molecule has 27 heavy (non-hydrogen) atoms. The maximum absolute atomic E-state index is 11.6. The monoisotopic (exact) mass is 387 g/mol. The molecule has 5 nitrogen and oxygen atoms in total. The van der Waals surface area contributed by atoms with E-state index in [1.807, 2.05) is 42.5 Å². The Balaban J connectivity index is 1.72. The Bertz CT molecular complexity index is 928. The number of hydrogen-bond acceptors (Lipinski definition) is 4. The predicted molar refractivity (Wildman–Crippen MR) is 106 cm³/mol. The Kier molecular flexibility index (Phi) is 5.61. The number of benzene rings is 2. The van der Waals surface area contributed by atoms with Crippen molar-refractivity contribution in [3.63, 3.8) is 0 Å². The van der Waals surface area contributed by atoms with Crippen LogP contribution in [0.4, 0.5) is 4.79 Å². The van der Waals surface area contributed by atoms with Gasteiger partial charge in [0.1, 0.15) is 18.0 Å². The Morgan fingerprint density at radius 2 is 1.85 bits per heavy atom. The number of aromatic amines is 1. The van der Waals surface area contributed by atoms with E-state index in [9.17, 15) is 4.79 Å². The second-order valence-electron chi connectivity index (χ2n) is 7.11. The van der Waals surface area contributed by atoms with Gasteiger partial charge in [-0.05, 0) is 51.1 Å². The molecule has 3 aromatic rings. The summed E-state index contributed by atoms with van der Waals surface area (Å²) in [5, 5.41) is 1.40. The van der Waals surface area contributed by atoms with Crippen LogP contribution in [0.5, 0.6) is 11.5 Å². The molecular weight excluding hydrogens is 366 g/mol. The molecule has 0 amide bonds. The first kappa shape index (κ1) is 19.1. The van der Waals surface area contributed by atoms with Crippen LogP contribution < -0.4 is 4.74 Å². The van der Waals surface area contributed by atoms with Gasteiger partial charge in [-0.1, -0.05) is 29.8 Å². The third kappa shape index (κ3) is 5.17. The zero-order valence-electron chi connectivity index (χ0n) is 15.5. The molecule has 6 heteroatoms. The number of aromatic nitrogens is 1. The van der Waals surface area contributed by atoms with Crippen molar-refractivity contribution >= 4 is 28.7 Å². The Hall–Kier alpha value is -2.66. The minimum Gasteiger partial charge on any atom is -0.455 e. The van der Waals surface area contributed by atoms with E-state index >= 15 is 0 Å². The number of fused-ring (bicyclic) bond motifs is 1. The average molecular weight is 388 g/mol. The lowest BCUT2D eigenvalue weighted by atomic mass is 10.2. The van der Waals surface area contributed by atoms with Crippen LogP contribution in [0, 0.1) is 0 Å². The van der Waals surface area contributed by atoms with E-state index in [4.69, 9.17) is 25.8 Å². The quantitative estimate of drug-likeness (QED) is 0.536. The predicted octanol–water partition coefficient (Wildman–Crippen LogP) is 6.11. The second-order valence-corrected chi connectivity index (χ2v) is 7.52. The molecule has 0 radical (unpaired) electrons. The van der Waals surface area contributed by atoms with Gasteiger partial charge >= 0.3 is 6.16 Å². The summed E-state index contributed by atoms with van der Waals surface area (Å²) in [5.41, 5.74) is 1.24. The summed E-state index contributed by atoms with van der Waals surface area (Å²) in [5.74, 6) is 1.30. The molecule has 1 heterocycles. The molecule has 3 rings (SSSR count). The molecule has 0 spiro atoms. The van der Waals surface area contributed by atoms with Gasteiger partial charge in [0.05, 0.1) is 5.02 Å². The van der Waals surface area contributed by atoms with Crippen LogP contribution in [0.2, 0.25) is 5.02 Å². The molecule has 0 bridgehead atoms. The summed E-state index contributed by atoms with van der Waals surface area (Å²) in [6, 6.07) is 15.1. The second kappa shape index (κ2) is 7.92. The van der Waals surface area contributed by atoms with Crippen molar-refractivity contribution in [3.05, 3.63) is 59.2 Å². The lowest BCUT2D eigenvalue weighted by Gasteiger charge is -2.18.